The molecular formula is C12H10BrN3O2S. The number of fused-ring (bicyclic) bond motifs is 1. The number of nitrogens with two attached hydrogens (primary N) is 1. The second-order valence-corrected chi connectivity index (χ2v) is 5.09. The SMILES string of the molecule is C/C(=N/NC(N)=S)c1ccc2c(Br)cc(=O)oc2c1. The summed E-state index contributed by atoms with van der Waals surface area (Å²) in [7, 11) is 0. The first kappa shape index (κ1) is 13.7. The first-order valence-electron chi connectivity index (χ1n) is 5.31. The zero-order chi connectivity index (χ0) is 14.0. The van der Waals surface area contributed by atoms with Crippen LogP contribution in [0.2, 0.25) is 0 Å². The number of thiocarbonyl (C=S) groups is 1. The van der Waals surface area contributed by atoms with Crippen molar-refractivity contribution in [2.24, 2.45) is 10.8 Å². The molecule has 0 unspecified atom stereocenters. The van der Waals surface area contributed by atoms with Crippen LogP contribution >= 0.6 is 28.1 Å². The van der Waals surface area contributed by atoms with Crippen molar-refractivity contribution in [1.29, 1.82) is 0 Å². The lowest BCUT2D eigenvalue weighted by atomic mass is 10.1. The number of hydrogen-bond donors (Lipinski definition) is 2. The number of rotatable bonds is 2. The smallest absolute Gasteiger partial charge is 0.337 e. The Kier molecular flexibility index (Phi) is 3.96. The number of nitrogens with one attached hydrogen (secondary N) is 1. The van der Waals surface area contributed by atoms with Crippen LogP contribution in [0, 0.1) is 0 Å². The van der Waals surface area contributed by atoms with Crippen molar-refractivity contribution < 1.29 is 4.42 Å². The third kappa shape index (κ3) is 3.18. The molecule has 0 fully saturated rings. The predicted octanol–water partition coefficient (Wildman–Crippen LogP) is 2.11. The van der Waals surface area contributed by atoms with E-state index in [9.17, 15) is 4.79 Å². The molecule has 1 aromatic carbocycles. The summed E-state index contributed by atoms with van der Waals surface area (Å²) in [4.78, 5) is 11.3. The van der Waals surface area contributed by atoms with E-state index >= 15 is 0 Å². The quantitative estimate of drug-likeness (QED) is 0.379. The monoisotopic (exact) mass is 339 g/mol. The van der Waals surface area contributed by atoms with E-state index in [4.69, 9.17) is 10.2 Å². The molecule has 3 N–H and O–H groups in total. The third-order valence-corrected chi connectivity index (χ3v) is 3.19. The van der Waals surface area contributed by atoms with Crippen LogP contribution < -0.4 is 16.8 Å². The van der Waals surface area contributed by atoms with E-state index in [0.29, 0.717) is 15.8 Å². The van der Waals surface area contributed by atoms with Crippen molar-refractivity contribution >= 4 is 49.9 Å². The van der Waals surface area contributed by atoms with Gasteiger partial charge in [-0.2, -0.15) is 5.10 Å². The summed E-state index contributed by atoms with van der Waals surface area (Å²) in [5.41, 5.74) is 9.37. The van der Waals surface area contributed by atoms with Gasteiger partial charge in [0.2, 0.25) is 0 Å². The van der Waals surface area contributed by atoms with Crippen LogP contribution in [-0.2, 0) is 0 Å². The Bertz CT molecular complexity index is 739. The van der Waals surface area contributed by atoms with E-state index in [1.54, 1.807) is 13.0 Å². The Morgan fingerprint density at radius 2 is 2.21 bits per heavy atom. The molecule has 0 spiro atoms. The molecule has 19 heavy (non-hydrogen) atoms. The topological polar surface area (TPSA) is 80.6 Å². The summed E-state index contributed by atoms with van der Waals surface area (Å²) in [6.07, 6.45) is 0. The number of hydrogen-bond acceptors (Lipinski definition) is 4. The lowest BCUT2D eigenvalue weighted by Crippen LogP contribution is -2.25. The van der Waals surface area contributed by atoms with Crippen LogP contribution in [0.1, 0.15) is 12.5 Å². The molecule has 5 nitrogen and oxygen atoms in total. The van der Waals surface area contributed by atoms with Crippen LogP contribution in [0.15, 0.2) is 43.1 Å². The normalized spacial score (nSPS) is 11.6. The lowest BCUT2D eigenvalue weighted by Gasteiger charge is -2.04. The largest absolute Gasteiger partial charge is 0.423 e. The van der Waals surface area contributed by atoms with Crippen LogP contribution in [0.25, 0.3) is 11.0 Å². The Labute approximate surface area is 122 Å². The molecule has 0 radical (unpaired) electrons. The first-order chi connectivity index (χ1) is 8.97. The highest BCUT2D eigenvalue weighted by Crippen LogP contribution is 2.23. The molecule has 0 amide bonds. The summed E-state index contributed by atoms with van der Waals surface area (Å²) in [6.45, 7) is 1.79. The minimum absolute atomic E-state index is 0.0921. The number of halogens is 1. The molecule has 2 aromatic rings. The van der Waals surface area contributed by atoms with Gasteiger partial charge < -0.3 is 10.2 Å². The van der Waals surface area contributed by atoms with E-state index in [2.05, 4.69) is 38.7 Å². The van der Waals surface area contributed by atoms with Gasteiger partial charge in [0.15, 0.2) is 5.11 Å². The molecule has 0 aliphatic heterocycles. The van der Waals surface area contributed by atoms with Gasteiger partial charge in [0.1, 0.15) is 5.58 Å². The molecule has 0 aliphatic carbocycles. The maximum Gasteiger partial charge on any atom is 0.337 e. The lowest BCUT2D eigenvalue weighted by molar-refractivity contribution is 0.560. The molecule has 0 aliphatic rings. The van der Waals surface area contributed by atoms with Crippen molar-refractivity contribution in [2.45, 2.75) is 6.92 Å². The summed E-state index contributed by atoms with van der Waals surface area (Å²) >= 11 is 7.99. The second kappa shape index (κ2) is 5.50. The van der Waals surface area contributed by atoms with Crippen LogP contribution in [0.4, 0.5) is 0 Å². The molecule has 0 saturated carbocycles. The number of hydrazone groups is 1. The minimum atomic E-state index is -0.410. The minimum Gasteiger partial charge on any atom is -0.423 e. The van der Waals surface area contributed by atoms with Crippen molar-refractivity contribution in [3.05, 3.63) is 44.7 Å². The molecule has 0 bridgehead atoms. The molecule has 1 aromatic heterocycles. The van der Waals surface area contributed by atoms with Gasteiger partial charge in [0.25, 0.3) is 0 Å². The maximum atomic E-state index is 11.3. The standard InChI is InChI=1S/C12H10BrN3O2S/c1-6(15-16-12(14)19)7-2-3-8-9(13)5-11(17)18-10(8)4-7/h2-5H,1H3,(H3,14,16,19)/b15-6-. The predicted molar refractivity (Wildman–Crippen MR) is 82.3 cm³/mol. The second-order valence-electron chi connectivity index (χ2n) is 3.80. The highest BCUT2D eigenvalue weighted by molar-refractivity contribution is 9.10. The van der Waals surface area contributed by atoms with Gasteiger partial charge in [0, 0.05) is 21.5 Å². The van der Waals surface area contributed by atoms with Crippen LogP contribution in [0.3, 0.4) is 0 Å². The van der Waals surface area contributed by atoms with E-state index in [1.165, 1.54) is 6.07 Å². The molecule has 0 atom stereocenters. The molecule has 7 heteroatoms. The van der Waals surface area contributed by atoms with Gasteiger partial charge in [-0.3, -0.25) is 5.43 Å². The van der Waals surface area contributed by atoms with E-state index < -0.39 is 5.63 Å². The molecule has 0 saturated heterocycles. The van der Waals surface area contributed by atoms with E-state index in [-0.39, 0.29) is 5.11 Å². The number of benzene rings is 1. The van der Waals surface area contributed by atoms with Gasteiger partial charge >= 0.3 is 5.63 Å². The summed E-state index contributed by atoms with van der Waals surface area (Å²) in [5.74, 6) is 0. The summed E-state index contributed by atoms with van der Waals surface area (Å²) in [6, 6.07) is 6.84. The van der Waals surface area contributed by atoms with E-state index in [0.717, 1.165) is 10.9 Å². The summed E-state index contributed by atoms with van der Waals surface area (Å²) < 4.78 is 5.84. The fourth-order valence-corrected chi connectivity index (χ4v) is 2.11. The van der Waals surface area contributed by atoms with Gasteiger partial charge in [-0.25, -0.2) is 4.79 Å². The van der Waals surface area contributed by atoms with Crippen molar-refractivity contribution in [3.63, 3.8) is 0 Å². The molecule has 1 heterocycles. The van der Waals surface area contributed by atoms with Gasteiger partial charge in [0.05, 0.1) is 5.71 Å². The number of nitrogens with zero attached hydrogens (tertiary/aromatic N) is 1. The highest BCUT2D eigenvalue weighted by Gasteiger charge is 2.06. The zero-order valence-electron chi connectivity index (χ0n) is 9.94. The fourth-order valence-electron chi connectivity index (χ4n) is 1.55. The van der Waals surface area contributed by atoms with Crippen molar-refractivity contribution in [1.82, 2.24) is 5.43 Å². The first-order valence-corrected chi connectivity index (χ1v) is 6.51. The van der Waals surface area contributed by atoms with Gasteiger partial charge in [-0.1, -0.05) is 6.07 Å². The van der Waals surface area contributed by atoms with Gasteiger partial charge in [-0.05, 0) is 47.2 Å². The molecule has 2 rings (SSSR count). The average molecular weight is 340 g/mol. The Hall–Kier alpha value is -1.73. The Balaban J connectivity index is 2.50. The molecular weight excluding hydrogens is 330 g/mol. The van der Waals surface area contributed by atoms with Crippen LogP contribution in [-0.4, -0.2) is 10.8 Å². The molecule has 98 valence electrons. The third-order valence-electron chi connectivity index (χ3n) is 2.45. The highest BCUT2D eigenvalue weighted by atomic mass is 79.9. The Morgan fingerprint density at radius 1 is 1.47 bits per heavy atom. The fraction of sp³-hybridized carbons (Fsp3) is 0.0833. The average Bonchev–Trinajstić information content (AvgIpc) is 2.34. The zero-order valence-corrected chi connectivity index (χ0v) is 12.3. The van der Waals surface area contributed by atoms with Crippen molar-refractivity contribution in [3.8, 4) is 0 Å². The van der Waals surface area contributed by atoms with E-state index in [1.807, 2.05) is 12.1 Å². The maximum absolute atomic E-state index is 11.3. The summed E-state index contributed by atoms with van der Waals surface area (Å²) in [5, 5.41) is 4.92. The van der Waals surface area contributed by atoms with Gasteiger partial charge in [-0.15, -0.1) is 0 Å². The van der Waals surface area contributed by atoms with Crippen molar-refractivity contribution in [2.75, 3.05) is 0 Å². The van der Waals surface area contributed by atoms with Crippen LogP contribution in [0.5, 0.6) is 0 Å². The Morgan fingerprint density at radius 3 is 2.89 bits per heavy atom.